The Morgan fingerprint density at radius 3 is 1.68 bits per heavy atom. The average molecular weight is 1260 g/mol. The molecule has 3 amide bonds. The largest absolute Gasteiger partial charge is 0.494 e. The summed E-state index contributed by atoms with van der Waals surface area (Å²) in [5.74, 6) is 1.24. The van der Waals surface area contributed by atoms with Gasteiger partial charge in [-0.3, -0.25) is 14.7 Å². The van der Waals surface area contributed by atoms with Gasteiger partial charge in [-0.05, 0) is 207 Å². The van der Waals surface area contributed by atoms with Crippen molar-refractivity contribution in [2.75, 3.05) is 61.1 Å². The zero-order valence-corrected chi connectivity index (χ0v) is 54.7. The molecule has 1 N–H and O–H groups in total. The number of allylic oxidation sites excluding steroid dienone is 3. The molecule has 3 aliphatic rings. The van der Waals surface area contributed by atoms with Gasteiger partial charge in [-0.2, -0.15) is 13.9 Å². The summed E-state index contributed by atoms with van der Waals surface area (Å²) in [4.78, 5) is 41.2. The second-order valence-corrected chi connectivity index (χ2v) is 25.6. The number of aromatic nitrogens is 4. The number of carbonyl (C=O) groups is 3. The topological polar surface area (TPSA) is 144 Å². The third kappa shape index (κ3) is 17.3. The molecule has 6 aromatic carbocycles. The van der Waals surface area contributed by atoms with E-state index in [9.17, 15) is 18.8 Å². The Morgan fingerprint density at radius 1 is 0.613 bits per heavy atom. The van der Waals surface area contributed by atoms with E-state index in [4.69, 9.17) is 18.9 Å². The lowest BCUT2D eigenvalue weighted by Gasteiger charge is -2.31. The number of hydrogen-bond donors (Lipinski definition) is 1. The van der Waals surface area contributed by atoms with Crippen molar-refractivity contribution in [3.63, 3.8) is 0 Å². The summed E-state index contributed by atoms with van der Waals surface area (Å²) in [7, 11) is 6.84. The molecule has 2 aromatic heterocycles. The van der Waals surface area contributed by atoms with Crippen molar-refractivity contribution in [2.45, 2.75) is 110 Å². The van der Waals surface area contributed by atoms with Gasteiger partial charge in [-0.15, -0.1) is 5.10 Å². The van der Waals surface area contributed by atoms with Crippen LogP contribution in [0.5, 0.6) is 11.5 Å². The fourth-order valence-corrected chi connectivity index (χ4v) is 11.9. The van der Waals surface area contributed by atoms with Gasteiger partial charge in [0, 0.05) is 47.4 Å². The SMILES string of the molecule is CN(C)C(=O)/C=C/CCCCOc1ccc(/C(=C(\c2ccccc2)C2CCC2)c2ccc3n[nH]c(F)c3c2)cc1.CN(C)C(=O)/C=C/CN(CCOc1ccc(/C(=C(\c2ccccc2)C2CCC2)c2ccc3c(c2)c(F)nn3C2CCCCO2)cc1)C(=O)OC(C)(C)C. The number of H-pyrrole nitrogens is 1. The summed E-state index contributed by atoms with van der Waals surface area (Å²) in [6.07, 6.45) is 18.3. The molecule has 2 aliphatic carbocycles. The maximum atomic E-state index is 15.6. The zero-order chi connectivity index (χ0) is 65.4. The van der Waals surface area contributed by atoms with Crippen LogP contribution in [0.3, 0.4) is 0 Å². The molecule has 14 nitrogen and oxygen atoms in total. The molecule has 1 unspecified atom stereocenters. The number of amides is 3. The van der Waals surface area contributed by atoms with Gasteiger partial charge in [0.25, 0.3) is 0 Å². The number of ether oxygens (including phenoxy) is 4. The molecule has 16 heteroatoms. The highest BCUT2D eigenvalue weighted by atomic mass is 19.1. The van der Waals surface area contributed by atoms with Gasteiger partial charge in [-0.25, -0.2) is 9.48 Å². The Bertz CT molecular complexity index is 3950. The highest BCUT2D eigenvalue weighted by Crippen LogP contribution is 2.47. The lowest BCUT2D eigenvalue weighted by atomic mass is 9.73. The Morgan fingerprint density at radius 2 is 1.15 bits per heavy atom. The second kappa shape index (κ2) is 31.4. The van der Waals surface area contributed by atoms with Crippen molar-refractivity contribution in [2.24, 2.45) is 11.8 Å². The molecule has 3 heterocycles. The van der Waals surface area contributed by atoms with Crippen LogP contribution in [0, 0.1) is 23.7 Å². The predicted molar refractivity (Wildman–Crippen MR) is 365 cm³/mol. The maximum Gasteiger partial charge on any atom is 0.410 e. The van der Waals surface area contributed by atoms with Crippen LogP contribution in [-0.2, 0) is 19.1 Å². The van der Waals surface area contributed by atoms with Crippen molar-refractivity contribution in [3.05, 3.63) is 215 Å². The summed E-state index contributed by atoms with van der Waals surface area (Å²) in [5, 5.41) is 11.8. The molecule has 8 aromatic rings. The molecule has 486 valence electrons. The van der Waals surface area contributed by atoms with E-state index < -0.39 is 23.6 Å². The first-order valence-electron chi connectivity index (χ1n) is 32.7. The van der Waals surface area contributed by atoms with Crippen LogP contribution >= 0.6 is 0 Å². The average Bonchev–Trinajstić information content (AvgIpc) is 1.76. The molecule has 0 spiro atoms. The number of carbonyl (C=O) groups excluding carboxylic acids is 3. The van der Waals surface area contributed by atoms with Crippen molar-refractivity contribution in [3.8, 4) is 11.5 Å². The normalized spacial score (nSPS) is 15.8. The number of hydrogen-bond acceptors (Lipinski definition) is 9. The van der Waals surface area contributed by atoms with Gasteiger partial charge in [-0.1, -0.05) is 122 Å². The van der Waals surface area contributed by atoms with Gasteiger partial charge in [0.1, 0.15) is 23.7 Å². The highest BCUT2D eigenvalue weighted by Gasteiger charge is 2.31. The minimum absolute atomic E-state index is 0.00677. The first kappa shape index (κ1) is 66.8. The summed E-state index contributed by atoms with van der Waals surface area (Å²) in [6.45, 7) is 7.40. The van der Waals surface area contributed by atoms with Crippen LogP contribution in [0.1, 0.15) is 137 Å². The third-order valence-corrected chi connectivity index (χ3v) is 17.2. The molecule has 0 bridgehead atoms. The number of halogens is 2. The third-order valence-electron chi connectivity index (χ3n) is 17.2. The van der Waals surface area contributed by atoms with Crippen molar-refractivity contribution in [1.82, 2.24) is 34.7 Å². The standard InChI is InChI=1S/C43H51FN4O5.C34H36FN3O2/c1-43(2,3)53-42(50)47(25-12-17-37(49)46(4)5)26-28-51-34-22-19-32(20-23-34)40(39(31-15-11-16-31)30-13-7-6-8-14-30)33-21-24-36-35(29-33)41(44)45-48(36)38-18-9-10-27-52-38;1-38(2)31(39)15-8-3-4-9-22-40-28-19-16-26(17-20-28)33(27-18-21-30-29(23-27)34(35)37-36-30)32(25-13-10-14-25)24-11-6-5-7-12-24/h6-8,12-14,17,19-24,29,31,38H,9-11,15-16,18,25-28H2,1-5H3;5-8,11-12,15-21,23,25H,3-4,9-10,13-14,22H2,1-2H3,(H,36,37)/b17-12+,40-39-;15-8+,33-32-. The van der Waals surface area contributed by atoms with E-state index in [-0.39, 0.29) is 37.7 Å². The lowest BCUT2D eigenvalue weighted by Crippen LogP contribution is -2.39. The second-order valence-electron chi connectivity index (χ2n) is 25.6. The van der Waals surface area contributed by atoms with Crippen LogP contribution in [0.15, 0.2) is 170 Å². The van der Waals surface area contributed by atoms with E-state index in [0.29, 0.717) is 47.1 Å². The van der Waals surface area contributed by atoms with E-state index in [1.165, 1.54) is 45.4 Å². The molecular weight excluding hydrogens is 1170 g/mol. The van der Waals surface area contributed by atoms with E-state index in [1.807, 2.05) is 106 Å². The number of likely N-dealkylation sites (N-methyl/N-ethyl adjacent to an activating group) is 2. The number of fused-ring (bicyclic) bond motifs is 2. The number of nitrogens with zero attached hydrogens (tertiary/aromatic N) is 6. The number of aromatic amines is 1. The quantitative estimate of drug-likeness (QED) is 0.0376. The number of benzene rings is 6. The van der Waals surface area contributed by atoms with Crippen LogP contribution in [0.2, 0.25) is 0 Å². The molecule has 0 radical (unpaired) electrons. The van der Waals surface area contributed by atoms with Crippen LogP contribution in [0.25, 0.3) is 44.1 Å². The summed E-state index contributed by atoms with van der Waals surface area (Å²) >= 11 is 0. The summed E-state index contributed by atoms with van der Waals surface area (Å²) in [6, 6.07) is 49.1. The zero-order valence-electron chi connectivity index (χ0n) is 54.7. The first-order chi connectivity index (χ1) is 45.0. The minimum atomic E-state index is -0.668. The first-order valence-corrected chi connectivity index (χ1v) is 32.7. The summed E-state index contributed by atoms with van der Waals surface area (Å²) < 4.78 is 55.6. The van der Waals surface area contributed by atoms with Gasteiger partial charge >= 0.3 is 6.09 Å². The van der Waals surface area contributed by atoms with Crippen LogP contribution in [0.4, 0.5) is 13.6 Å². The van der Waals surface area contributed by atoms with E-state index in [1.54, 1.807) is 49.9 Å². The predicted octanol–water partition coefficient (Wildman–Crippen LogP) is 16.5. The van der Waals surface area contributed by atoms with Crippen molar-refractivity contribution in [1.29, 1.82) is 0 Å². The monoisotopic (exact) mass is 1260 g/mol. The number of nitrogens with one attached hydrogen (secondary N) is 1. The molecule has 11 rings (SSSR count). The van der Waals surface area contributed by atoms with Gasteiger partial charge in [0.15, 0.2) is 6.23 Å². The maximum absolute atomic E-state index is 15.6. The smallest absolute Gasteiger partial charge is 0.410 e. The van der Waals surface area contributed by atoms with E-state index in [2.05, 4.69) is 82.0 Å². The van der Waals surface area contributed by atoms with Gasteiger partial charge < -0.3 is 33.6 Å². The molecule has 1 aliphatic heterocycles. The Labute approximate surface area is 545 Å². The van der Waals surface area contributed by atoms with Crippen molar-refractivity contribution >= 4 is 62.0 Å². The van der Waals surface area contributed by atoms with E-state index in [0.717, 1.165) is 114 Å². The Balaban J connectivity index is 0.000000211. The van der Waals surface area contributed by atoms with E-state index >= 15 is 4.39 Å². The van der Waals surface area contributed by atoms with Crippen LogP contribution < -0.4 is 9.47 Å². The highest BCUT2D eigenvalue weighted by molar-refractivity contribution is 6.03. The number of unbranched alkanes of at least 4 members (excludes halogenated alkanes) is 2. The Hall–Kier alpha value is -9.15. The van der Waals surface area contributed by atoms with Gasteiger partial charge in [0.05, 0.1) is 35.0 Å². The van der Waals surface area contributed by atoms with Crippen LogP contribution in [-0.4, -0.2) is 119 Å². The summed E-state index contributed by atoms with van der Waals surface area (Å²) in [5.41, 5.74) is 11.8. The fourth-order valence-electron chi connectivity index (χ4n) is 11.9. The van der Waals surface area contributed by atoms with Gasteiger partial charge in [0.2, 0.25) is 23.7 Å². The molecule has 2 saturated carbocycles. The Kier molecular flexibility index (Phi) is 22.6. The molecular formula is C77H87F2N7O7. The molecule has 3 fully saturated rings. The molecule has 1 saturated heterocycles. The fraction of sp³-hybridized carbons (Fsp3) is 0.364. The molecule has 1 atom stereocenters. The number of rotatable bonds is 23. The minimum Gasteiger partial charge on any atom is -0.494 e. The van der Waals surface area contributed by atoms with Crippen molar-refractivity contribution < 1.29 is 42.1 Å². The lowest BCUT2D eigenvalue weighted by molar-refractivity contribution is -0.124. The molecule has 93 heavy (non-hydrogen) atoms.